The number of esters is 2. The monoisotopic (exact) mass is 478 g/mol. The fourth-order valence-electron chi connectivity index (χ4n) is 5.70. The molecule has 2 aliphatic carbocycles. The van der Waals surface area contributed by atoms with Crippen LogP contribution < -0.4 is 0 Å². The van der Waals surface area contributed by atoms with Crippen molar-refractivity contribution in [3.05, 3.63) is 0 Å². The average molecular weight is 479 g/mol. The van der Waals surface area contributed by atoms with Gasteiger partial charge in [0, 0.05) is 12.8 Å². The zero-order chi connectivity index (χ0) is 25.2. The summed E-state index contributed by atoms with van der Waals surface area (Å²) >= 11 is 0. The third-order valence-corrected chi connectivity index (χ3v) is 8.37. The minimum atomic E-state index is -0.403. The fraction of sp³-hybridized carbons (Fsp3) is 0.933. The molecule has 0 unspecified atom stereocenters. The van der Waals surface area contributed by atoms with E-state index in [1.54, 1.807) is 0 Å². The molecule has 2 aliphatic rings. The summed E-state index contributed by atoms with van der Waals surface area (Å²) in [5.41, 5.74) is -0.807. The highest BCUT2D eigenvalue weighted by atomic mass is 16.6. The molecule has 4 heteroatoms. The van der Waals surface area contributed by atoms with Crippen molar-refractivity contribution in [3.63, 3.8) is 0 Å². The summed E-state index contributed by atoms with van der Waals surface area (Å²) in [4.78, 5) is 24.7. The number of carbonyl (C=O) groups excluding carboxylic acids is 2. The quantitative estimate of drug-likeness (QED) is 0.197. The van der Waals surface area contributed by atoms with E-state index in [0.29, 0.717) is 25.7 Å². The Labute approximate surface area is 210 Å². The first-order valence-corrected chi connectivity index (χ1v) is 14.4. The second kappa shape index (κ2) is 13.9. The first-order chi connectivity index (χ1) is 15.9. The van der Waals surface area contributed by atoms with Gasteiger partial charge >= 0.3 is 11.9 Å². The number of hydrogen-bond acceptors (Lipinski definition) is 4. The van der Waals surface area contributed by atoms with Gasteiger partial charge in [0.25, 0.3) is 0 Å². The molecule has 2 rings (SSSR count). The molecule has 0 N–H and O–H groups in total. The van der Waals surface area contributed by atoms with Crippen LogP contribution in [-0.2, 0) is 19.1 Å². The van der Waals surface area contributed by atoms with Crippen molar-refractivity contribution in [1.29, 1.82) is 0 Å². The van der Waals surface area contributed by atoms with Crippen LogP contribution in [0.5, 0.6) is 0 Å². The van der Waals surface area contributed by atoms with Crippen LogP contribution in [0.15, 0.2) is 0 Å². The maximum absolute atomic E-state index is 12.3. The van der Waals surface area contributed by atoms with Crippen LogP contribution in [-0.4, -0.2) is 23.1 Å². The first kappa shape index (κ1) is 29.2. The topological polar surface area (TPSA) is 52.6 Å². The molecule has 0 bridgehead atoms. The molecule has 0 saturated heterocycles. The highest BCUT2D eigenvalue weighted by molar-refractivity contribution is 5.71. The molecule has 0 spiro atoms. The van der Waals surface area contributed by atoms with Gasteiger partial charge in [0.2, 0.25) is 0 Å². The molecule has 2 fully saturated rings. The molecule has 0 amide bonds. The SMILES string of the molecule is CC1CCC(CCC(C)(C)OC(=O)CCCCC(=O)OC(C)(C)CCC2CCC(C)CC2)CC1. The van der Waals surface area contributed by atoms with Gasteiger partial charge in [-0.15, -0.1) is 0 Å². The Balaban J connectivity index is 1.55. The van der Waals surface area contributed by atoms with Crippen molar-refractivity contribution >= 4 is 11.9 Å². The number of carbonyl (C=O) groups is 2. The van der Waals surface area contributed by atoms with Crippen LogP contribution in [0.1, 0.15) is 144 Å². The van der Waals surface area contributed by atoms with Crippen LogP contribution in [0.4, 0.5) is 0 Å². The first-order valence-electron chi connectivity index (χ1n) is 14.4. The predicted molar refractivity (Wildman–Crippen MR) is 140 cm³/mol. The van der Waals surface area contributed by atoms with Crippen LogP contribution in [0.3, 0.4) is 0 Å². The molecule has 0 radical (unpaired) electrons. The molecular weight excluding hydrogens is 424 g/mol. The molecule has 198 valence electrons. The van der Waals surface area contributed by atoms with Gasteiger partial charge < -0.3 is 9.47 Å². The average Bonchev–Trinajstić information content (AvgIpc) is 2.75. The van der Waals surface area contributed by atoms with Crippen LogP contribution in [0.25, 0.3) is 0 Å². The molecule has 0 atom stereocenters. The van der Waals surface area contributed by atoms with Gasteiger partial charge in [0.05, 0.1) is 0 Å². The molecule has 0 aromatic carbocycles. The molecule has 0 aliphatic heterocycles. The molecule has 34 heavy (non-hydrogen) atoms. The Morgan fingerprint density at radius 3 is 1.26 bits per heavy atom. The van der Waals surface area contributed by atoms with Crippen molar-refractivity contribution in [2.45, 2.75) is 155 Å². The van der Waals surface area contributed by atoms with E-state index in [9.17, 15) is 9.59 Å². The molecule has 2 saturated carbocycles. The highest BCUT2D eigenvalue weighted by Gasteiger charge is 2.27. The Morgan fingerprint density at radius 2 is 0.941 bits per heavy atom. The summed E-state index contributed by atoms with van der Waals surface area (Å²) < 4.78 is 11.6. The largest absolute Gasteiger partial charge is 0.460 e. The Hall–Kier alpha value is -1.06. The second-order valence-electron chi connectivity index (χ2n) is 13.0. The summed E-state index contributed by atoms with van der Waals surface area (Å²) in [5.74, 6) is 3.04. The van der Waals surface area contributed by atoms with E-state index >= 15 is 0 Å². The second-order valence-corrected chi connectivity index (χ2v) is 13.0. The van der Waals surface area contributed by atoms with Gasteiger partial charge in [-0.2, -0.15) is 0 Å². The molecule has 0 aromatic rings. The van der Waals surface area contributed by atoms with E-state index in [-0.39, 0.29) is 11.9 Å². The molecule has 0 heterocycles. The van der Waals surface area contributed by atoms with Gasteiger partial charge in [-0.25, -0.2) is 0 Å². The lowest BCUT2D eigenvalue weighted by Crippen LogP contribution is -2.29. The smallest absolute Gasteiger partial charge is 0.306 e. The van der Waals surface area contributed by atoms with Crippen molar-refractivity contribution in [1.82, 2.24) is 0 Å². The van der Waals surface area contributed by atoms with E-state index in [0.717, 1.165) is 49.4 Å². The minimum Gasteiger partial charge on any atom is -0.460 e. The van der Waals surface area contributed by atoms with E-state index in [1.807, 2.05) is 27.7 Å². The number of ether oxygens (including phenoxy) is 2. The summed E-state index contributed by atoms with van der Waals surface area (Å²) in [6, 6.07) is 0. The summed E-state index contributed by atoms with van der Waals surface area (Å²) in [5, 5.41) is 0. The van der Waals surface area contributed by atoms with Gasteiger partial charge in [-0.1, -0.05) is 65.2 Å². The highest BCUT2D eigenvalue weighted by Crippen LogP contribution is 2.34. The van der Waals surface area contributed by atoms with Gasteiger partial charge in [-0.3, -0.25) is 9.59 Å². The molecule has 4 nitrogen and oxygen atoms in total. The fourth-order valence-corrected chi connectivity index (χ4v) is 5.70. The third-order valence-electron chi connectivity index (χ3n) is 8.37. The van der Waals surface area contributed by atoms with E-state index in [1.165, 1.54) is 51.4 Å². The number of hydrogen-bond donors (Lipinski definition) is 0. The van der Waals surface area contributed by atoms with Crippen molar-refractivity contribution < 1.29 is 19.1 Å². The van der Waals surface area contributed by atoms with Crippen molar-refractivity contribution in [2.75, 3.05) is 0 Å². The van der Waals surface area contributed by atoms with Crippen LogP contribution in [0, 0.1) is 23.7 Å². The Morgan fingerprint density at radius 1 is 0.618 bits per heavy atom. The van der Waals surface area contributed by atoms with Crippen molar-refractivity contribution in [2.24, 2.45) is 23.7 Å². The lowest BCUT2D eigenvalue weighted by Gasteiger charge is -2.30. The lowest BCUT2D eigenvalue weighted by molar-refractivity contribution is -0.160. The normalized spacial score (nSPS) is 26.2. The lowest BCUT2D eigenvalue weighted by atomic mass is 9.79. The van der Waals surface area contributed by atoms with E-state index in [4.69, 9.17) is 9.47 Å². The minimum absolute atomic E-state index is 0.141. The zero-order valence-corrected chi connectivity index (χ0v) is 23.3. The Bertz CT molecular complexity index is 553. The molecular formula is C30H54O4. The number of unbranched alkanes of at least 4 members (excludes halogenated alkanes) is 1. The standard InChI is InChI=1S/C30H54O4/c1-23-11-15-25(16-12-23)19-21-29(3,4)33-27(31)9-7-8-10-28(32)34-30(5,6)22-20-26-17-13-24(2)14-18-26/h23-26H,7-22H2,1-6H3. The maximum atomic E-state index is 12.3. The van der Waals surface area contributed by atoms with Crippen molar-refractivity contribution in [3.8, 4) is 0 Å². The van der Waals surface area contributed by atoms with Gasteiger partial charge in [0.15, 0.2) is 0 Å². The van der Waals surface area contributed by atoms with Crippen LogP contribution >= 0.6 is 0 Å². The third kappa shape index (κ3) is 12.1. The molecule has 0 aromatic heterocycles. The van der Waals surface area contributed by atoms with Gasteiger partial charge in [0.1, 0.15) is 11.2 Å². The van der Waals surface area contributed by atoms with Gasteiger partial charge in [-0.05, 0) is 89.9 Å². The number of rotatable bonds is 13. The van der Waals surface area contributed by atoms with E-state index < -0.39 is 11.2 Å². The summed E-state index contributed by atoms with van der Waals surface area (Å²) in [6.07, 6.45) is 16.9. The zero-order valence-electron chi connectivity index (χ0n) is 23.3. The summed E-state index contributed by atoms with van der Waals surface area (Å²) in [7, 11) is 0. The maximum Gasteiger partial charge on any atom is 0.306 e. The predicted octanol–water partition coefficient (Wildman–Crippen LogP) is 8.40. The summed E-state index contributed by atoms with van der Waals surface area (Å²) in [6.45, 7) is 12.8. The Kier molecular flexibility index (Phi) is 11.9. The van der Waals surface area contributed by atoms with Crippen LogP contribution in [0.2, 0.25) is 0 Å². The van der Waals surface area contributed by atoms with E-state index in [2.05, 4.69) is 13.8 Å².